The minimum Gasteiger partial charge on any atom is -0.497 e. The summed E-state index contributed by atoms with van der Waals surface area (Å²) in [6.07, 6.45) is 1.60. The molecule has 1 saturated carbocycles. The molecule has 6 atom stereocenters. The molecule has 2 amide bonds. The maximum absolute atomic E-state index is 14.8. The molecule has 1 N–H and O–H groups in total. The number of alkyl carbamates (subject to hydrolysis) is 1. The van der Waals surface area contributed by atoms with Crippen molar-refractivity contribution in [1.82, 2.24) is 20.2 Å². The van der Waals surface area contributed by atoms with E-state index < -0.39 is 65.0 Å². The fourth-order valence-electron chi connectivity index (χ4n) is 5.72. The molecule has 45 heavy (non-hydrogen) atoms. The number of hydrogen-bond donors (Lipinski definition) is 1. The largest absolute Gasteiger partial charge is 0.497 e. The number of alkyl halides is 2. The van der Waals surface area contributed by atoms with Gasteiger partial charge in [-0.25, -0.2) is 19.6 Å². The first-order valence-corrected chi connectivity index (χ1v) is 15.0. The molecule has 0 unspecified atom stereocenters. The molecule has 13 heteroatoms. The van der Waals surface area contributed by atoms with Crippen LogP contribution >= 0.6 is 0 Å². The van der Waals surface area contributed by atoms with Crippen LogP contribution in [-0.2, 0) is 25.0 Å². The number of hydrogen-bond acceptors (Lipinski definition) is 9. The average molecular weight is 633 g/mol. The maximum Gasteiger partial charge on any atom is 0.408 e. The van der Waals surface area contributed by atoms with E-state index in [-0.39, 0.29) is 29.6 Å². The quantitative estimate of drug-likeness (QED) is 0.268. The summed E-state index contributed by atoms with van der Waals surface area (Å²) in [5.41, 5.74) is -0.985. The van der Waals surface area contributed by atoms with Crippen LogP contribution in [0.1, 0.15) is 59.6 Å². The number of nitrogens with one attached hydrogen (secondary N) is 1. The number of methoxy groups -OCH3 is 2. The highest BCUT2D eigenvalue weighted by Crippen LogP contribution is 2.39. The number of likely N-dealkylation sites (tertiary alicyclic amines) is 1. The molecule has 11 nitrogen and oxygen atoms in total. The Balaban J connectivity index is 1.66. The van der Waals surface area contributed by atoms with Gasteiger partial charge in [-0.1, -0.05) is 33.8 Å². The highest BCUT2D eigenvalue weighted by Gasteiger charge is 2.52. The number of esters is 1. The minimum atomic E-state index is -3.41. The molecule has 4 rings (SSSR count). The van der Waals surface area contributed by atoms with Crippen molar-refractivity contribution >= 4 is 29.0 Å². The standard InChI is InChI=1S/C32H42F2N4O7/c1-9-11-17-14-22(17)45-30(41)37-26(31(3,4)5)28(39)38-16-23(19(10-2)24(38)29(40)43-8)44-27-25(32(6,33)34)35-20-13-12-18(42-7)15-21(20)36-27/h9,12-13,15,17,19,22-24,26H,1,10-11,14,16H2,2-8H3,(H,37,41)/t17-,19-,22-,23+,24+,26-/m1/s1. The third-order valence-electron chi connectivity index (χ3n) is 8.27. The van der Waals surface area contributed by atoms with Gasteiger partial charge in [-0.15, -0.1) is 6.58 Å². The van der Waals surface area contributed by atoms with Gasteiger partial charge in [-0.3, -0.25) is 4.79 Å². The Kier molecular flexibility index (Phi) is 9.88. The van der Waals surface area contributed by atoms with Gasteiger partial charge in [-0.2, -0.15) is 8.78 Å². The Morgan fingerprint density at radius 1 is 1.13 bits per heavy atom. The predicted molar refractivity (Wildman–Crippen MR) is 161 cm³/mol. The van der Waals surface area contributed by atoms with Gasteiger partial charge in [0.15, 0.2) is 5.69 Å². The van der Waals surface area contributed by atoms with Crippen LogP contribution in [0.25, 0.3) is 11.0 Å². The smallest absolute Gasteiger partial charge is 0.408 e. The Hall–Kier alpha value is -4.03. The monoisotopic (exact) mass is 632 g/mol. The van der Waals surface area contributed by atoms with Crippen LogP contribution in [0.5, 0.6) is 11.6 Å². The van der Waals surface area contributed by atoms with Crippen LogP contribution in [0, 0.1) is 17.3 Å². The zero-order valence-electron chi connectivity index (χ0n) is 26.8. The lowest BCUT2D eigenvalue weighted by Crippen LogP contribution is -2.57. The van der Waals surface area contributed by atoms with Gasteiger partial charge >= 0.3 is 12.1 Å². The summed E-state index contributed by atoms with van der Waals surface area (Å²) >= 11 is 0. The number of nitrogens with zero attached hydrogens (tertiary/aromatic N) is 3. The van der Waals surface area contributed by atoms with Crippen molar-refractivity contribution in [3.05, 3.63) is 36.5 Å². The number of rotatable bonds is 11. The molecule has 1 aromatic heterocycles. The highest BCUT2D eigenvalue weighted by molar-refractivity contribution is 5.91. The van der Waals surface area contributed by atoms with Crippen LogP contribution < -0.4 is 14.8 Å². The SMILES string of the molecule is C=CC[C@@H]1C[C@H]1OC(=O)N[C@H](C(=O)N1C[C@H](Oc2nc3cc(OC)ccc3nc2C(C)(F)F)[C@@H](CC)[C@H]1C(=O)OC)C(C)(C)C. The number of allylic oxidation sites excluding steroid dienone is 1. The number of amides is 2. The fraction of sp³-hybridized carbons (Fsp3) is 0.594. The first kappa shape index (κ1) is 33.9. The Morgan fingerprint density at radius 3 is 2.42 bits per heavy atom. The summed E-state index contributed by atoms with van der Waals surface area (Å²) in [6.45, 7) is 11.4. The molecular formula is C32H42F2N4O7. The van der Waals surface area contributed by atoms with Gasteiger partial charge in [0.2, 0.25) is 11.8 Å². The van der Waals surface area contributed by atoms with E-state index in [4.69, 9.17) is 18.9 Å². The summed E-state index contributed by atoms with van der Waals surface area (Å²) in [6, 6.07) is 2.45. The summed E-state index contributed by atoms with van der Waals surface area (Å²) < 4.78 is 51.6. The van der Waals surface area contributed by atoms with E-state index in [9.17, 15) is 23.2 Å². The predicted octanol–water partition coefficient (Wildman–Crippen LogP) is 5.01. The topological polar surface area (TPSA) is 129 Å². The number of halogens is 2. The van der Waals surface area contributed by atoms with Gasteiger partial charge in [0, 0.05) is 24.8 Å². The molecule has 0 spiro atoms. The minimum absolute atomic E-state index is 0.156. The molecule has 1 aromatic carbocycles. The molecule has 0 bridgehead atoms. The molecule has 2 aliphatic rings. The number of benzene rings is 1. The first-order valence-electron chi connectivity index (χ1n) is 15.0. The molecule has 0 radical (unpaired) electrons. The molecule has 1 aliphatic heterocycles. The van der Waals surface area contributed by atoms with Crippen LogP contribution in [0.15, 0.2) is 30.9 Å². The van der Waals surface area contributed by atoms with Gasteiger partial charge in [0.1, 0.15) is 30.0 Å². The molecule has 246 valence electrons. The molecule has 2 fully saturated rings. The number of carbonyl (C=O) groups is 3. The van der Waals surface area contributed by atoms with Crippen LogP contribution in [0.3, 0.4) is 0 Å². The van der Waals surface area contributed by atoms with Crippen LogP contribution in [-0.4, -0.2) is 77.9 Å². The molecule has 1 saturated heterocycles. The maximum atomic E-state index is 14.8. The second-order valence-electron chi connectivity index (χ2n) is 12.7. The fourth-order valence-corrected chi connectivity index (χ4v) is 5.72. The van der Waals surface area contributed by atoms with E-state index >= 15 is 0 Å². The lowest BCUT2D eigenvalue weighted by molar-refractivity contribution is -0.154. The Labute approximate surface area is 261 Å². The van der Waals surface area contributed by atoms with E-state index in [2.05, 4.69) is 21.9 Å². The zero-order valence-corrected chi connectivity index (χ0v) is 26.8. The summed E-state index contributed by atoms with van der Waals surface area (Å²) in [4.78, 5) is 50.0. The number of carbonyl (C=O) groups excluding carboxylic acids is 3. The third kappa shape index (κ3) is 7.45. The van der Waals surface area contributed by atoms with Crippen molar-refractivity contribution < 1.29 is 42.1 Å². The van der Waals surface area contributed by atoms with Gasteiger partial charge in [0.05, 0.1) is 31.8 Å². The van der Waals surface area contributed by atoms with Gasteiger partial charge in [-0.05, 0) is 36.8 Å². The van der Waals surface area contributed by atoms with Crippen molar-refractivity contribution in [3.8, 4) is 11.6 Å². The van der Waals surface area contributed by atoms with E-state index in [1.165, 1.54) is 25.2 Å². The van der Waals surface area contributed by atoms with Crippen molar-refractivity contribution in [2.45, 2.75) is 84.1 Å². The van der Waals surface area contributed by atoms with Crippen LogP contribution in [0.4, 0.5) is 13.6 Å². The lowest BCUT2D eigenvalue weighted by atomic mass is 9.85. The lowest BCUT2D eigenvalue weighted by Gasteiger charge is -2.35. The van der Waals surface area contributed by atoms with E-state index in [1.807, 2.05) is 0 Å². The highest BCUT2D eigenvalue weighted by atomic mass is 19.3. The zero-order chi connectivity index (χ0) is 33.3. The molecule has 2 heterocycles. The third-order valence-corrected chi connectivity index (χ3v) is 8.27. The van der Waals surface area contributed by atoms with E-state index in [0.717, 1.165) is 6.42 Å². The van der Waals surface area contributed by atoms with Crippen molar-refractivity contribution in [3.63, 3.8) is 0 Å². The van der Waals surface area contributed by atoms with Crippen molar-refractivity contribution in [1.29, 1.82) is 0 Å². The normalized spacial score (nSPS) is 23.7. The van der Waals surface area contributed by atoms with Gasteiger partial charge < -0.3 is 29.2 Å². The molecule has 1 aliphatic carbocycles. The van der Waals surface area contributed by atoms with E-state index in [0.29, 0.717) is 25.5 Å². The summed E-state index contributed by atoms with van der Waals surface area (Å²) in [7, 11) is 2.67. The van der Waals surface area contributed by atoms with Crippen molar-refractivity contribution in [2.75, 3.05) is 20.8 Å². The Morgan fingerprint density at radius 2 is 1.84 bits per heavy atom. The first-order chi connectivity index (χ1) is 21.1. The number of fused-ring (bicyclic) bond motifs is 1. The average Bonchev–Trinajstić information content (AvgIpc) is 3.59. The number of aromatic nitrogens is 2. The molecule has 2 aromatic rings. The summed E-state index contributed by atoms with van der Waals surface area (Å²) in [5, 5.41) is 2.70. The van der Waals surface area contributed by atoms with E-state index in [1.54, 1.807) is 45.9 Å². The Bertz CT molecular complexity index is 1440. The molecular weight excluding hydrogens is 590 g/mol. The van der Waals surface area contributed by atoms with Crippen LogP contribution in [0.2, 0.25) is 0 Å². The number of ether oxygens (including phenoxy) is 4. The summed E-state index contributed by atoms with van der Waals surface area (Å²) in [5.74, 6) is -5.10. The second kappa shape index (κ2) is 13.1. The van der Waals surface area contributed by atoms with Gasteiger partial charge in [0.25, 0.3) is 5.92 Å². The van der Waals surface area contributed by atoms with Crippen molar-refractivity contribution in [2.24, 2.45) is 17.3 Å². The second-order valence-corrected chi connectivity index (χ2v) is 12.7.